The van der Waals surface area contributed by atoms with Gasteiger partial charge >= 0.3 is 5.97 Å². The molecule has 3 aromatic heterocycles. The van der Waals surface area contributed by atoms with E-state index in [1.165, 1.54) is 12.4 Å². The number of nitrogens with two attached hydrogens (primary N) is 1. The van der Waals surface area contributed by atoms with E-state index in [-0.39, 0.29) is 12.1 Å². The monoisotopic (exact) mass is 542 g/mol. The van der Waals surface area contributed by atoms with Crippen LogP contribution in [-0.2, 0) is 6.54 Å². The number of carbonyl (C=O) groups is 1. The van der Waals surface area contributed by atoms with Crippen LogP contribution in [0.2, 0.25) is 10.0 Å². The molecule has 0 aliphatic heterocycles. The fourth-order valence-corrected chi connectivity index (χ4v) is 3.82. The Morgan fingerprint density at radius 1 is 1.14 bits per heavy atom. The Hall–Kier alpha value is -3.93. The number of hydrogen-bond donors (Lipinski definition) is 5. The summed E-state index contributed by atoms with van der Waals surface area (Å²) in [6.45, 7) is 3.00. The lowest BCUT2D eigenvalue weighted by atomic mass is 10.2. The molecule has 0 amide bonds. The summed E-state index contributed by atoms with van der Waals surface area (Å²) in [6.07, 6.45) is 5.05. The zero-order valence-electron chi connectivity index (χ0n) is 19.8. The highest BCUT2D eigenvalue weighted by molar-refractivity contribution is 6.35. The third-order valence-electron chi connectivity index (χ3n) is 5.16. The van der Waals surface area contributed by atoms with Gasteiger partial charge in [-0.05, 0) is 44.2 Å². The number of carboxylic acids is 1. The molecule has 0 aliphatic carbocycles. The van der Waals surface area contributed by atoms with Crippen LogP contribution in [-0.4, -0.2) is 44.1 Å². The number of halogens is 2. The standard InChI is InChI=1S/C24H24Cl2N8O3/c1-13-32-22(29-7-2-6-27)21(23(33-13)34-18-5-8-28-10-16(18)24(35)36)31-12-20-30-11-19(37-20)15-9-14(25)3-4-17(15)26/h3-5,8-11,31H,2,6-7,12,27H2,1H3,(H,35,36)(H2,28,29,32,33,34). The first-order chi connectivity index (χ1) is 17.9. The van der Waals surface area contributed by atoms with Gasteiger partial charge in [-0.15, -0.1) is 0 Å². The molecule has 0 aliphatic rings. The average Bonchev–Trinajstić information content (AvgIpc) is 3.34. The lowest BCUT2D eigenvalue weighted by Gasteiger charge is -2.18. The van der Waals surface area contributed by atoms with Gasteiger partial charge in [0.15, 0.2) is 17.4 Å². The first-order valence-corrected chi connectivity index (χ1v) is 12.0. The van der Waals surface area contributed by atoms with Crippen molar-refractivity contribution < 1.29 is 14.3 Å². The van der Waals surface area contributed by atoms with E-state index in [0.29, 0.717) is 69.2 Å². The van der Waals surface area contributed by atoms with Crippen LogP contribution in [0.15, 0.2) is 47.3 Å². The molecule has 0 bridgehead atoms. The van der Waals surface area contributed by atoms with Crippen LogP contribution in [0.5, 0.6) is 0 Å². The molecule has 0 unspecified atom stereocenters. The second-order valence-corrected chi connectivity index (χ2v) is 8.70. The van der Waals surface area contributed by atoms with E-state index in [9.17, 15) is 9.90 Å². The molecule has 0 saturated heterocycles. The van der Waals surface area contributed by atoms with Crippen molar-refractivity contribution in [3.05, 3.63) is 70.2 Å². The van der Waals surface area contributed by atoms with E-state index < -0.39 is 5.97 Å². The molecule has 0 radical (unpaired) electrons. The molecular weight excluding hydrogens is 519 g/mol. The minimum atomic E-state index is -1.12. The number of aromatic carboxylic acids is 1. The average molecular weight is 543 g/mol. The number of pyridine rings is 1. The quantitative estimate of drug-likeness (QED) is 0.163. The number of aryl methyl sites for hydroxylation is 1. The van der Waals surface area contributed by atoms with Crippen molar-refractivity contribution in [2.45, 2.75) is 19.9 Å². The number of hydrogen-bond acceptors (Lipinski definition) is 10. The normalized spacial score (nSPS) is 10.8. The summed E-state index contributed by atoms with van der Waals surface area (Å²) >= 11 is 12.4. The SMILES string of the molecule is Cc1nc(NCCCN)c(NCc2ncc(-c3cc(Cl)ccc3Cl)o2)c(Nc2ccncc2C(=O)O)n1. The van der Waals surface area contributed by atoms with Gasteiger partial charge in [0.1, 0.15) is 17.1 Å². The van der Waals surface area contributed by atoms with Crippen LogP contribution >= 0.6 is 23.2 Å². The summed E-state index contributed by atoms with van der Waals surface area (Å²) in [7, 11) is 0. The zero-order valence-corrected chi connectivity index (χ0v) is 21.3. The second-order valence-electron chi connectivity index (χ2n) is 7.86. The second kappa shape index (κ2) is 11.9. The minimum absolute atomic E-state index is 0.00176. The summed E-state index contributed by atoms with van der Waals surface area (Å²) in [4.78, 5) is 28.9. The number of nitrogens with zero attached hydrogens (tertiary/aromatic N) is 4. The molecule has 4 rings (SSSR count). The molecule has 0 atom stereocenters. The Kier molecular flexibility index (Phi) is 8.39. The summed E-state index contributed by atoms with van der Waals surface area (Å²) in [5.74, 6) is 1.07. The molecular formula is C24H24Cl2N8O3. The fourth-order valence-electron chi connectivity index (χ4n) is 3.44. The lowest BCUT2D eigenvalue weighted by Crippen LogP contribution is -2.15. The van der Waals surface area contributed by atoms with E-state index in [2.05, 4.69) is 35.9 Å². The number of carboxylic acid groups (broad SMARTS) is 1. The molecule has 4 aromatic rings. The van der Waals surface area contributed by atoms with E-state index in [0.717, 1.165) is 6.42 Å². The number of benzene rings is 1. The van der Waals surface area contributed by atoms with Gasteiger partial charge in [0, 0.05) is 29.5 Å². The Labute approximate surface area is 222 Å². The summed E-state index contributed by atoms with van der Waals surface area (Å²) < 4.78 is 5.90. The van der Waals surface area contributed by atoms with Crippen molar-refractivity contribution in [1.82, 2.24) is 19.9 Å². The number of nitrogens with one attached hydrogen (secondary N) is 3. The Bertz CT molecular complexity index is 1410. The van der Waals surface area contributed by atoms with Crippen molar-refractivity contribution in [2.24, 2.45) is 5.73 Å². The number of rotatable bonds is 11. The number of oxazole rings is 1. The topological polar surface area (TPSA) is 164 Å². The third-order valence-corrected chi connectivity index (χ3v) is 5.73. The highest BCUT2D eigenvalue weighted by Gasteiger charge is 2.18. The highest BCUT2D eigenvalue weighted by atomic mass is 35.5. The maximum atomic E-state index is 11.7. The van der Waals surface area contributed by atoms with Gasteiger partial charge in [-0.1, -0.05) is 23.2 Å². The number of anilines is 4. The van der Waals surface area contributed by atoms with E-state index in [4.69, 9.17) is 33.4 Å². The summed E-state index contributed by atoms with van der Waals surface area (Å²) in [6, 6.07) is 6.63. The Morgan fingerprint density at radius 3 is 2.73 bits per heavy atom. The first-order valence-electron chi connectivity index (χ1n) is 11.3. The molecule has 0 fully saturated rings. The van der Waals surface area contributed by atoms with Crippen molar-refractivity contribution in [3.63, 3.8) is 0 Å². The fraction of sp³-hybridized carbons (Fsp3) is 0.208. The van der Waals surface area contributed by atoms with Crippen LogP contribution in [0.4, 0.5) is 23.0 Å². The first kappa shape index (κ1) is 26.1. The predicted molar refractivity (Wildman–Crippen MR) is 143 cm³/mol. The molecule has 13 heteroatoms. The Morgan fingerprint density at radius 2 is 1.95 bits per heavy atom. The van der Waals surface area contributed by atoms with Gasteiger partial charge in [0.05, 0.1) is 23.5 Å². The molecule has 0 spiro atoms. The molecule has 6 N–H and O–H groups in total. The van der Waals surface area contributed by atoms with Gasteiger partial charge in [-0.3, -0.25) is 4.98 Å². The summed E-state index contributed by atoms with van der Waals surface area (Å²) in [5, 5.41) is 20.2. The van der Waals surface area contributed by atoms with Gasteiger partial charge < -0.3 is 31.2 Å². The third kappa shape index (κ3) is 6.45. The van der Waals surface area contributed by atoms with Gasteiger partial charge in [0.25, 0.3) is 0 Å². The van der Waals surface area contributed by atoms with Gasteiger partial charge in [-0.25, -0.2) is 19.7 Å². The molecule has 3 heterocycles. The molecule has 192 valence electrons. The summed E-state index contributed by atoms with van der Waals surface area (Å²) in [5.41, 5.74) is 7.08. The highest BCUT2D eigenvalue weighted by Crippen LogP contribution is 2.33. The molecule has 0 saturated carbocycles. The smallest absolute Gasteiger partial charge is 0.339 e. The molecule has 37 heavy (non-hydrogen) atoms. The van der Waals surface area contributed by atoms with Crippen LogP contribution < -0.4 is 21.7 Å². The maximum Gasteiger partial charge on any atom is 0.339 e. The predicted octanol–water partition coefficient (Wildman–Crippen LogP) is 4.96. The van der Waals surface area contributed by atoms with Crippen molar-refractivity contribution in [3.8, 4) is 11.3 Å². The minimum Gasteiger partial charge on any atom is -0.478 e. The van der Waals surface area contributed by atoms with Gasteiger partial charge in [0.2, 0.25) is 5.89 Å². The van der Waals surface area contributed by atoms with Crippen LogP contribution in [0.25, 0.3) is 11.3 Å². The van der Waals surface area contributed by atoms with Crippen LogP contribution in [0.1, 0.15) is 28.5 Å². The molecule has 11 nitrogen and oxygen atoms in total. The van der Waals surface area contributed by atoms with Crippen molar-refractivity contribution in [1.29, 1.82) is 0 Å². The lowest BCUT2D eigenvalue weighted by molar-refractivity contribution is 0.0697. The maximum absolute atomic E-state index is 11.7. The number of aromatic nitrogens is 4. The Balaban J connectivity index is 1.64. The van der Waals surface area contributed by atoms with Crippen molar-refractivity contribution in [2.75, 3.05) is 29.0 Å². The van der Waals surface area contributed by atoms with E-state index >= 15 is 0 Å². The van der Waals surface area contributed by atoms with Crippen LogP contribution in [0.3, 0.4) is 0 Å². The largest absolute Gasteiger partial charge is 0.478 e. The molecule has 1 aromatic carbocycles. The van der Waals surface area contributed by atoms with Crippen molar-refractivity contribution >= 4 is 52.2 Å². The van der Waals surface area contributed by atoms with Crippen LogP contribution in [0, 0.1) is 6.92 Å². The van der Waals surface area contributed by atoms with Gasteiger partial charge in [-0.2, -0.15) is 0 Å². The van der Waals surface area contributed by atoms with E-state index in [1.807, 2.05) is 0 Å². The zero-order chi connectivity index (χ0) is 26.4. The van der Waals surface area contributed by atoms with E-state index in [1.54, 1.807) is 37.4 Å².